The molecular weight excluding hydrogens is 148 g/mol. The zero-order chi connectivity index (χ0) is 9.14. The summed E-state index contributed by atoms with van der Waals surface area (Å²) in [5.74, 6) is 0. The molecule has 2 nitrogen and oxygen atoms in total. The van der Waals surface area contributed by atoms with Gasteiger partial charge in [0.2, 0.25) is 0 Å². The van der Waals surface area contributed by atoms with Crippen molar-refractivity contribution in [2.75, 3.05) is 0 Å². The Labute approximate surface area is 72.7 Å². The molecule has 0 aliphatic heterocycles. The fourth-order valence-electron chi connectivity index (χ4n) is 0.938. The van der Waals surface area contributed by atoms with Crippen LogP contribution >= 0.6 is 0 Å². The van der Waals surface area contributed by atoms with Crippen molar-refractivity contribution in [1.29, 1.82) is 0 Å². The number of hydrogen-bond donors (Lipinski definition) is 0. The van der Waals surface area contributed by atoms with Crippen molar-refractivity contribution in [3.8, 4) is 0 Å². The van der Waals surface area contributed by atoms with Crippen molar-refractivity contribution in [3.63, 3.8) is 0 Å². The average Bonchev–Trinajstić information content (AvgIpc) is 2.09. The predicted molar refractivity (Wildman–Crippen MR) is 51.7 cm³/mol. The van der Waals surface area contributed by atoms with Gasteiger partial charge in [0.1, 0.15) is 0 Å². The second kappa shape index (κ2) is 3.30. The van der Waals surface area contributed by atoms with Crippen LogP contribution in [0.5, 0.6) is 0 Å². The Bertz CT molecular complexity index is 294. The molecule has 2 heteroatoms. The molecular formula is C10H12N2. The molecule has 0 radical (unpaired) electrons. The van der Waals surface area contributed by atoms with Crippen LogP contribution in [-0.4, -0.2) is 9.97 Å². The Morgan fingerprint density at radius 2 is 1.25 bits per heavy atom. The summed E-state index contributed by atoms with van der Waals surface area (Å²) in [5.41, 5.74) is 3.48. The molecule has 0 aliphatic rings. The molecule has 0 aliphatic carbocycles. The van der Waals surface area contributed by atoms with Gasteiger partial charge in [-0.1, -0.05) is 13.2 Å². The lowest BCUT2D eigenvalue weighted by atomic mass is 10.2. The van der Waals surface area contributed by atoms with Crippen molar-refractivity contribution in [3.05, 3.63) is 35.9 Å². The molecule has 0 bridgehead atoms. The monoisotopic (exact) mass is 160 g/mol. The Morgan fingerprint density at radius 3 is 1.50 bits per heavy atom. The average molecular weight is 160 g/mol. The molecule has 0 fully saturated rings. The fourth-order valence-corrected chi connectivity index (χ4v) is 0.938. The third-order valence-electron chi connectivity index (χ3n) is 1.75. The van der Waals surface area contributed by atoms with E-state index in [1.54, 1.807) is 12.2 Å². The third-order valence-corrected chi connectivity index (χ3v) is 1.75. The summed E-state index contributed by atoms with van der Waals surface area (Å²) >= 11 is 0. The molecule has 0 aromatic carbocycles. The maximum Gasteiger partial charge on any atom is 0.0884 e. The lowest BCUT2D eigenvalue weighted by Crippen LogP contribution is -1.98. The van der Waals surface area contributed by atoms with Gasteiger partial charge >= 0.3 is 0 Å². The molecule has 12 heavy (non-hydrogen) atoms. The summed E-state index contributed by atoms with van der Waals surface area (Å²) in [4.78, 5) is 8.62. The molecule has 62 valence electrons. The van der Waals surface area contributed by atoms with Gasteiger partial charge in [-0.2, -0.15) is 0 Å². The summed E-state index contributed by atoms with van der Waals surface area (Å²) in [6, 6.07) is 0. The highest BCUT2D eigenvalue weighted by atomic mass is 14.8. The van der Waals surface area contributed by atoms with Crippen molar-refractivity contribution < 1.29 is 0 Å². The maximum atomic E-state index is 4.31. The Kier molecular flexibility index (Phi) is 2.38. The first-order valence-corrected chi connectivity index (χ1v) is 3.79. The van der Waals surface area contributed by atoms with Crippen LogP contribution in [0.15, 0.2) is 13.2 Å². The van der Waals surface area contributed by atoms with E-state index in [0.29, 0.717) is 0 Å². The van der Waals surface area contributed by atoms with Crippen molar-refractivity contribution >= 4 is 12.2 Å². The smallest absolute Gasteiger partial charge is 0.0884 e. The Balaban J connectivity index is 3.37. The first kappa shape index (κ1) is 8.65. The van der Waals surface area contributed by atoms with E-state index in [2.05, 4.69) is 23.1 Å². The summed E-state index contributed by atoms with van der Waals surface area (Å²) in [6.45, 7) is 11.2. The van der Waals surface area contributed by atoms with Crippen LogP contribution < -0.4 is 0 Å². The summed E-state index contributed by atoms with van der Waals surface area (Å²) in [6.07, 6.45) is 3.38. The standard InChI is InChI=1S/C10H12N2/c1-5-9-10(6-2)12-8(4)7(3)11-9/h5-6H,1-2H2,3-4H3. The molecule has 0 N–H and O–H groups in total. The molecule has 0 saturated carbocycles. The van der Waals surface area contributed by atoms with Crippen LogP contribution in [0.1, 0.15) is 22.8 Å². The second-order valence-electron chi connectivity index (χ2n) is 2.57. The van der Waals surface area contributed by atoms with Gasteiger partial charge in [0, 0.05) is 0 Å². The lowest BCUT2D eigenvalue weighted by molar-refractivity contribution is 1.02. The van der Waals surface area contributed by atoms with Crippen LogP contribution in [0.2, 0.25) is 0 Å². The maximum absolute atomic E-state index is 4.31. The van der Waals surface area contributed by atoms with E-state index in [4.69, 9.17) is 0 Å². The normalized spacial score (nSPS) is 9.50. The number of nitrogens with zero attached hydrogens (tertiary/aromatic N) is 2. The van der Waals surface area contributed by atoms with E-state index in [9.17, 15) is 0 Å². The molecule has 0 spiro atoms. The van der Waals surface area contributed by atoms with Crippen molar-refractivity contribution in [1.82, 2.24) is 9.97 Å². The molecule has 1 aromatic rings. The number of aryl methyl sites for hydroxylation is 2. The Hall–Kier alpha value is -1.44. The van der Waals surface area contributed by atoms with E-state index < -0.39 is 0 Å². The first-order valence-electron chi connectivity index (χ1n) is 3.79. The molecule has 1 rings (SSSR count). The molecule has 0 atom stereocenters. The van der Waals surface area contributed by atoms with Gasteiger partial charge in [0.05, 0.1) is 22.8 Å². The van der Waals surface area contributed by atoms with E-state index in [0.717, 1.165) is 22.8 Å². The highest BCUT2D eigenvalue weighted by Crippen LogP contribution is 2.09. The number of aromatic nitrogens is 2. The van der Waals surface area contributed by atoms with E-state index in [1.165, 1.54) is 0 Å². The van der Waals surface area contributed by atoms with Gasteiger partial charge in [-0.05, 0) is 26.0 Å². The van der Waals surface area contributed by atoms with E-state index in [1.807, 2.05) is 13.8 Å². The number of rotatable bonds is 2. The van der Waals surface area contributed by atoms with Crippen LogP contribution in [0.25, 0.3) is 12.2 Å². The van der Waals surface area contributed by atoms with Crippen LogP contribution in [0, 0.1) is 13.8 Å². The quantitative estimate of drug-likeness (QED) is 0.663. The van der Waals surface area contributed by atoms with Crippen LogP contribution in [-0.2, 0) is 0 Å². The number of hydrogen-bond acceptors (Lipinski definition) is 2. The first-order chi connectivity index (χ1) is 5.69. The van der Waals surface area contributed by atoms with Crippen molar-refractivity contribution in [2.45, 2.75) is 13.8 Å². The van der Waals surface area contributed by atoms with Crippen molar-refractivity contribution in [2.24, 2.45) is 0 Å². The Morgan fingerprint density at radius 1 is 0.917 bits per heavy atom. The second-order valence-corrected chi connectivity index (χ2v) is 2.57. The van der Waals surface area contributed by atoms with E-state index >= 15 is 0 Å². The van der Waals surface area contributed by atoms with Gasteiger partial charge in [-0.25, -0.2) is 9.97 Å². The minimum Gasteiger partial charge on any atom is -0.250 e. The van der Waals surface area contributed by atoms with E-state index in [-0.39, 0.29) is 0 Å². The van der Waals surface area contributed by atoms with Crippen LogP contribution in [0.3, 0.4) is 0 Å². The zero-order valence-corrected chi connectivity index (χ0v) is 7.46. The SMILES string of the molecule is C=Cc1nc(C)c(C)nc1C=C. The highest BCUT2D eigenvalue weighted by molar-refractivity contribution is 5.57. The minimum absolute atomic E-state index is 0.799. The van der Waals surface area contributed by atoms with Gasteiger partial charge in [-0.3, -0.25) is 0 Å². The summed E-state index contributed by atoms with van der Waals surface area (Å²) < 4.78 is 0. The summed E-state index contributed by atoms with van der Waals surface area (Å²) in [7, 11) is 0. The fraction of sp³-hybridized carbons (Fsp3) is 0.200. The van der Waals surface area contributed by atoms with Gasteiger partial charge in [0.15, 0.2) is 0 Å². The molecule has 0 saturated heterocycles. The largest absolute Gasteiger partial charge is 0.250 e. The predicted octanol–water partition coefficient (Wildman–Crippen LogP) is 2.38. The van der Waals surface area contributed by atoms with Gasteiger partial charge in [-0.15, -0.1) is 0 Å². The molecule has 0 amide bonds. The van der Waals surface area contributed by atoms with Crippen LogP contribution in [0.4, 0.5) is 0 Å². The molecule has 1 heterocycles. The van der Waals surface area contributed by atoms with Gasteiger partial charge < -0.3 is 0 Å². The summed E-state index contributed by atoms with van der Waals surface area (Å²) in [5, 5.41) is 0. The zero-order valence-electron chi connectivity index (χ0n) is 7.46. The third kappa shape index (κ3) is 1.42. The lowest BCUT2D eigenvalue weighted by Gasteiger charge is -2.03. The van der Waals surface area contributed by atoms with Gasteiger partial charge in [0.25, 0.3) is 0 Å². The topological polar surface area (TPSA) is 25.8 Å². The highest BCUT2D eigenvalue weighted by Gasteiger charge is 2.01. The molecule has 0 unspecified atom stereocenters. The molecule has 1 aromatic heterocycles. The minimum atomic E-state index is 0.799.